The van der Waals surface area contributed by atoms with Crippen molar-refractivity contribution in [3.05, 3.63) is 10.7 Å². The first-order chi connectivity index (χ1) is 7.17. The zero-order valence-electron chi connectivity index (χ0n) is 8.90. The van der Waals surface area contributed by atoms with Gasteiger partial charge < -0.3 is 14.2 Å². The van der Waals surface area contributed by atoms with E-state index in [0.717, 1.165) is 5.01 Å². The van der Waals surface area contributed by atoms with Crippen molar-refractivity contribution in [1.82, 2.24) is 4.98 Å². The molecule has 1 rings (SSSR count). The summed E-state index contributed by atoms with van der Waals surface area (Å²) in [5, 5.41) is 1.23. The standard InChI is InChI=1S/C9H13NO4S/c1-4-13-9(11)14-8-6(2)10-7(15-8)5-12-3/h4-5H2,1-3H3. The van der Waals surface area contributed by atoms with Crippen molar-refractivity contribution in [3.8, 4) is 5.06 Å². The van der Waals surface area contributed by atoms with Crippen molar-refractivity contribution in [2.45, 2.75) is 20.5 Å². The molecule has 0 fully saturated rings. The van der Waals surface area contributed by atoms with E-state index in [1.807, 2.05) is 0 Å². The molecule has 0 aliphatic rings. The number of methoxy groups -OCH3 is 1. The Balaban J connectivity index is 2.64. The number of carbonyl (C=O) groups excluding carboxylic acids is 1. The largest absolute Gasteiger partial charge is 0.514 e. The Bertz CT molecular complexity index is 337. The lowest BCUT2D eigenvalue weighted by Gasteiger charge is -2.00. The van der Waals surface area contributed by atoms with Gasteiger partial charge >= 0.3 is 6.16 Å². The number of nitrogens with zero attached hydrogens (tertiary/aromatic N) is 1. The third-order valence-corrected chi connectivity index (χ3v) is 2.51. The molecule has 5 nitrogen and oxygen atoms in total. The molecule has 0 bridgehead atoms. The summed E-state index contributed by atoms with van der Waals surface area (Å²) < 4.78 is 14.5. The van der Waals surface area contributed by atoms with Gasteiger partial charge in [-0.15, -0.1) is 0 Å². The second-order valence-corrected chi connectivity index (χ2v) is 3.74. The molecule has 0 radical (unpaired) electrons. The number of carbonyl (C=O) groups is 1. The third-order valence-electron chi connectivity index (χ3n) is 1.50. The topological polar surface area (TPSA) is 57.7 Å². The Morgan fingerprint density at radius 2 is 2.27 bits per heavy atom. The Labute approximate surface area is 92.0 Å². The fourth-order valence-electron chi connectivity index (χ4n) is 0.939. The lowest BCUT2D eigenvalue weighted by Crippen LogP contribution is -2.09. The SMILES string of the molecule is CCOC(=O)Oc1sc(COC)nc1C. The van der Waals surface area contributed by atoms with Crippen LogP contribution in [0.4, 0.5) is 4.79 Å². The fourth-order valence-corrected chi connectivity index (χ4v) is 1.82. The minimum atomic E-state index is -0.701. The Kier molecular flexibility index (Phi) is 4.51. The van der Waals surface area contributed by atoms with Gasteiger partial charge in [-0.05, 0) is 13.8 Å². The van der Waals surface area contributed by atoms with E-state index in [1.165, 1.54) is 11.3 Å². The molecule has 0 saturated carbocycles. The average Bonchev–Trinajstić information content (AvgIpc) is 2.48. The highest BCUT2D eigenvalue weighted by molar-refractivity contribution is 7.13. The number of rotatable bonds is 4. The van der Waals surface area contributed by atoms with Crippen LogP contribution >= 0.6 is 11.3 Å². The molecule has 84 valence electrons. The average molecular weight is 231 g/mol. The van der Waals surface area contributed by atoms with E-state index in [1.54, 1.807) is 21.0 Å². The van der Waals surface area contributed by atoms with Crippen LogP contribution in [0.1, 0.15) is 17.6 Å². The van der Waals surface area contributed by atoms with Crippen molar-refractivity contribution in [3.63, 3.8) is 0 Å². The van der Waals surface area contributed by atoms with Gasteiger partial charge in [-0.1, -0.05) is 11.3 Å². The van der Waals surface area contributed by atoms with E-state index in [9.17, 15) is 4.79 Å². The first-order valence-corrected chi connectivity index (χ1v) is 5.28. The predicted molar refractivity (Wildman–Crippen MR) is 55.2 cm³/mol. The highest BCUT2D eigenvalue weighted by Crippen LogP contribution is 2.27. The Hall–Kier alpha value is -1.14. The summed E-state index contributed by atoms with van der Waals surface area (Å²) in [6, 6.07) is 0. The van der Waals surface area contributed by atoms with Crippen LogP contribution in [0.5, 0.6) is 5.06 Å². The van der Waals surface area contributed by atoms with E-state index in [2.05, 4.69) is 9.72 Å². The molecule has 0 aliphatic carbocycles. The van der Waals surface area contributed by atoms with Crippen LogP contribution in [0.2, 0.25) is 0 Å². The molecular formula is C9H13NO4S. The molecular weight excluding hydrogens is 218 g/mol. The van der Waals surface area contributed by atoms with Crippen LogP contribution in [-0.4, -0.2) is 24.9 Å². The number of hydrogen-bond donors (Lipinski definition) is 0. The van der Waals surface area contributed by atoms with Crippen LogP contribution in [0.25, 0.3) is 0 Å². The van der Waals surface area contributed by atoms with Crippen LogP contribution < -0.4 is 4.74 Å². The van der Waals surface area contributed by atoms with E-state index in [-0.39, 0.29) is 0 Å². The highest BCUT2D eigenvalue weighted by Gasteiger charge is 2.13. The number of hydrogen-bond acceptors (Lipinski definition) is 6. The quantitative estimate of drug-likeness (QED) is 0.743. The lowest BCUT2D eigenvalue weighted by molar-refractivity contribution is 0.105. The van der Waals surface area contributed by atoms with Crippen molar-refractivity contribution in [1.29, 1.82) is 0 Å². The van der Waals surface area contributed by atoms with Gasteiger partial charge in [0.25, 0.3) is 0 Å². The molecule has 0 spiro atoms. The molecule has 0 atom stereocenters. The summed E-state index contributed by atoms with van der Waals surface area (Å²) in [5.41, 5.74) is 0.667. The van der Waals surface area contributed by atoms with Gasteiger partial charge in [-0.3, -0.25) is 0 Å². The molecule has 0 unspecified atom stereocenters. The van der Waals surface area contributed by atoms with Gasteiger partial charge in [0.05, 0.1) is 18.9 Å². The van der Waals surface area contributed by atoms with Gasteiger partial charge in [0.15, 0.2) is 0 Å². The maximum absolute atomic E-state index is 11.0. The molecule has 0 aliphatic heterocycles. The molecule has 0 saturated heterocycles. The van der Waals surface area contributed by atoms with Gasteiger partial charge in [0.1, 0.15) is 5.01 Å². The molecule has 0 N–H and O–H groups in total. The summed E-state index contributed by atoms with van der Waals surface area (Å²) >= 11 is 1.28. The molecule has 1 aromatic heterocycles. The Morgan fingerprint density at radius 1 is 1.53 bits per heavy atom. The van der Waals surface area contributed by atoms with E-state index >= 15 is 0 Å². The minimum Gasteiger partial charge on any atom is -0.434 e. The molecule has 0 amide bonds. The zero-order chi connectivity index (χ0) is 11.3. The molecule has 15 heavy (non-hydrogen) atoms. The maximum atomic E-state index is 11.0. The summed E-state index contributed by atoms with van der Waals surface area (Å²) in [5.74, 6) is 0. The molecule has 1 aromatic rings. The van der Waals surface area contributed by atoms with E-state index in [0.29, 0.717) is 24.0 Å². The highest BCUT2D eigenvalue weighted by atomic mass is 32.1. The van der Waals surface area contributed by atoms with Crippen LogP contribution in [0.15, 0.2) is 0 Å². The molecule has 6 heteroatoms. The smallest absolute Gasteiger partial charge is 0.434 e. The van der Waals surface area contributed by atoms with Crippen LogP contribution in [0.3, 0.4) is 0 Å². The lowest BCUT2D eigenvalue weighted by atomic mass is 10.5. The second kappa shape index (κ2) is 5.67. The third kappa shape index (κ3) is 3.49. The second-order valence-electron chi connectivity index (χ2n) is 2.70. The fraction of sp³-hybridized carbons (Fsp3) is 0.556. The van der Waals surface area contributed by atoms with Gasteiger partial charge in [0, 0.05) is 7.11 Å². The van der Waals surface area contributed by atoms with Gasteiger partial charge in [-0.25, -0.2) is 9.78 Å². The number of ether oxygens (including phenoxy) is 3. The minimum absolute atomic E-state index is 0.293. The first-order valence-electron chi connectivity index (χ1n) is 4.47. The van der Waals surface area contributed by atoms with E-state index in [4.69, 9.17) is 9.47 Å². The van der Waals surface area contributed by atoms with Gasteiger partial charge in [0.2, 0.25) is 5.06 Å². The van der Waals surface area contributed by atoms with E-state index < -0.39 is 6.16 Å². The number of aryl methyl sites for hydroxylation is 1. The van der Waals surface area contributed by atoms with Gasteiger partial charge in [-0.2, -0.15) is 0 Å². The monoisotopic (exact) mass is 231 g/mol. The zero-order valence-corrected chi connectivity index (χ0v) is 9.72. The summed E-state index contributed by atoms with van der Waals surface area (Å²) in [7, 11) is 1.59. The van der Waals surface area contributed by atoms with Crippen molar-refractivity contribution >= 4 is 17.5 Å². The van der Waals surface area contributed by atoms with Crippen molar-refractivity contribution < 1.29 is 19.0 Å². The first kappa shape index (κ1) is 11.9. The maximum Gasteiger partial charge on any atom is 0.514 e. The number of thiazole rings is 1. The van der Waals surface area contributed by atoms with Crippen LogP contribution in [-0.2, 0) is 16.1 Å². The molecule has 1 heterocycles. The summed E-state index contributed by atoms with van der Waals surface area (Å²) in [4.78, 5) is 15.2. The van der Waals surface area contributed by atoms with Crippen molar-refractivity contribution in [2.75, 3.05) is 13.7 Å². The summed E-state index contributed by atoms with van der Waals surface area (Å²) in [6.45, 7) is 4.20. The Morgan fingerprint density at radius 3 is 2.87 bits per heavy atom. The predicted octanol–water partition coefficient (Wildman–Crippen LogP) is 2.13. The molecule has 0 aromatic carbocycles. The summed E-state index contributed by atoms with van der Waals surface area (Å²) in [6.07, 6.45) is -0.701. The normalized spacial score (nSPS) is 10.1. The van der Waals surface area contributed by atoms with Crippen molar-refractivity contribution in [2.24, 2.45) is 0 Å². The van der Waals surface area contributed by atoms with Crippen LogP contribution in [0, 0.1) is 6.92 Å². The number of aromatic nitrogens is 1.